The van der Waals surface area contributed by atoms with Crippen LogP contribution in [-0.2, 0) is 5.41 Å². The van der Waals surface area contributed by atoms with Gasteiger partial charge in [-0.3, -0.25) is 4.79 Å². The Morgan fingerprint density at radius 2 is 1.38 bits per heavy atom. The van der Waals surface area contributed by atoms with Crippen molar-refractivity contribution >= 4 is 22.4 Å². The summed E-state index contributed by atoms with van der Waals surface area (Å²) < 4.78 is 5.94. The lowest BCUT2D eigenvalue weighted by molar-refractivity contribution is -0.00613. The highest BCUT2D eigenvalue weighted by molar-refractivity contribution is 6.06. The number of ether oxygens (including phenoxy) is 1. The normalized spacial score (nSPS) is 25.8. The maximum Gasteiger partial charge on any atom is 0.255 e. The minimum absolute atomic E-state index is 0.0902. The van der Waals surface area contributed by atoms with Crippen molar-refractivity contribution in [3.05, 3.63) is 96.1 Å². The van der Waals surface area contributed by atoms with Crippen LogP contribution in [0.1, 0.15) is 54.4 Å². The van der Waals surface area contributed by atoms with Crippen LogP contribution in [0.25, 0.3) is 21.9 Å². The van der Waals surface area contributed by atoms with E-state index in [9.17, 15) is 4.79 Å². The van der Waals surface area contributed by atoms with E-state index in [0.29, 0.717) is 5.56 Å². The van der Waals surface area contributed by atoms with Gasteiger partial charge in [-0.05, 0) is 126 Å². The first-order valence-electron chi connectivity index (χ1n) is 13.7. The highest BCUT2D eigenvalue weighted by Gasteiger charge is 2.52. The Hall–Kier alpha value is -3.59. The topological polar surface area (TPSA) is 38.3 Å². The molecule has 3 nitrogen and oxygen atoms in total. The summed E-state index contributed by atoms with van der Waals surface area (Å²) in [6.45, 7) is 0. The number of benzene rings is 4. The first kappa shape index (κ1) is 22.6. The van der Waals surface area contributed by atoms with Crippen molar-refractivity contribution in [2.24, 2.45) is 17.8 Å². The second-order valence-electron chi connectivity index (χ2n) is 11.7. The number of hydrogen-bond acceptors (Lipinski definition) is 2. The zero-order valence-corrected chi connectivity index (χ0v) is 21.4. The van der Waals surface area contributed by atoms with Gasteiger partial charge in [0.15, 0.2) is 0 Å². The second-order valence-corrected chi connectivity index (χ2v) is 11.7. The van der Waals surface area contributed by atoms with Gasteiger partial charge in [0.05, 0.1) is 7.11 Å². The van der Waals surface area contributed by atoms with Crippen molar-refractivity contribution in [3.8, 4) is 16.9 Å². The molecule has 4 bridgehead atoms. The number of anilines is 1. The molecule has 0 unspecified atom stereocenters. The Morgan fingerprint density at radius 3 is 2.08 bits per heavy atom. The summed E-state index contributed by atoms with van der Waals surface area (Å²) in [7, 11) is 1.82. The molecule has 0 spiro atoms. The Balaban J connectivity index is 1.20. The first-order valence-corrected chi connectivity index (χ1v) is 13.7. The van der Waals surface area contributed by atoms with Gasteiger partial charge in [-0.25, -0.2) is 0 Å². The number of nitrogens with one attached hydrogen (secondary N) is 1. The molecule has 1 N–H and O–H groups in total. The quantitative estimate of drug-likeness (QED) is 0.308. The highest BCUT2D eigenvalue weighted by atomic mass is 16.5. The van der Waals surface area contributed by atoms with E-state index in [1.807, 2.05) is 49.6 Å². The van der Waals surface area contributed by atoms with Gasteiger partial charge >= 0.3 is 0 Å². The minimum Gasteiger partial charge on any atom is -0.496 e. The Bertz CT molecular complexity index is 1450. The number of hydrogen-bond donors (Lipinski definition) is 1. The number of para-hydroxylation sites is 1. The number of carbonyl (C=O) groups is 1. The number of fused-ring (bicyclic) bond motifs is 1. The number of methoxy groups -OCH3 is 1. The van der Waals surface area contributed by atoms with Gasteiger partial charge in [0.25, 0.3) is 5.91 Å². The van der Waals surface area contributed by atoms with E-state index >= 15 is 0 Å². The largest absolute Gasteiger partial charge is 0.496 e. The summed E-state index contributed by atoms with van der Waals surface area (Å²) in [6, 6.07) is 28.9. The molecule has 3 heteroatoms. The second kappa shape index (κ2) is 8.76. The minimum atomic E-state index is -0.0902. The summed E-state index contributed by atoms with van der Waals surface area (Å²) in [5.74, 6) is 3.66. The van der Waals surface area contributed by atoms with E-state index in [1.165, 1.54) is 55.2 Å². The zero-order chi connectivity index (χ0) is 25.0. The van der Waals surface area contributed by atoms with Crippen molar-refractivity contribution in [2.45, 2.75) is 43.9 Å². The van der Waals surface area contributed by atoms with Crippen LogP contribution in [0.3, 0.4) is 0 Å². The molecule has 0 heterocycles. The molecule has 8 rings (SSSR count). The fourth-order valence-corrected chi connectivity index (χ4v) is 8.03. The van der Waals surface area contributed by atoms with Crippen LogP contribution in [0.5, 0.6) is 5.75 Å². The van der Waals surface area contributed by atoms with E-state index in [1.54, 1.807) is 0 Å². The lowest BCUT2D eigenvalue weighted by Gasteiger charge is -2.57. The van der Waals surface area contributed by atoms with Crippen molar-refractivity contribution in [1.29, 1.82) is 0 Å². The Kier molecular flexibility index (Phi) is 5.35. The molecular weight excluding hydrogens is 454 g/mol. The van der Waals surface area contributed by atoms with Crippen LogP contribution >= 0.6 is 0 Å². The Labute approximate surface area is 218 Å². The van der Waals surface area contributed by atoms with E-state index in [-0.39, 0.29) is 11.3 Å². The molecule has 0 atom stereocenters. The molecule has 37 heavy (non-hydrogen) atoms. The van der Waals surface area contributed by atoms with Crippen LogP contribution in [0, 0.1) is 17.8 Å². The Morgan fingerprint density at radius 1 is 0.757 bits per heavy atom. The van der Waals surface area contributed by atoms with E-state index in [0.717, 1.165) is 40.0 Å². The highest BCUT2D eigenvalue weighted by Crippen LogP contribution is 2.62. The van der Waals surface area contributed by atoms with E-state index in [4.69, 9.17) is 4.74 Å². The molecule has 0 aliphatic heterocycles. The summed E-state index contributed by atoms with van der Waals surface area (Å²) in [4.78, 5) is 12.8. The third-order valence-corrected chi connectivity index (χ3v) is 9.28. The van der Waals surface area contributed by atoms with E-state index in [2.05, 4.69) is 47.8 Å². The van der Waals surface area contributed by atoms with Gasteiger partial charge in [-0.1, -0.05) is 42.5 Å². The first-order chi connectivity index (χ1) is 18.1. The van der Waals surface area contributed by atoms with Crippen molar-refractivity contribution in [3.63, 3.8) is 0 Å². The zero-order valence-electron chi connectivity index (χ0n) is 21.4. The molecule has 4 saturated carbocycles. The molecule has 4 aromatic rings. The molecule has 0 saturated heterocycles. The molecule has 186 valence electrons. The average molecular weight is 488 g/mol. The fraction of sp³-hybridized carbons (Fsp3) is 0.324. The predicted molar refractivity (Wildman–Crippen MR) is 150 cm³/mol. The van der Waals surface area contributed by atoms with Crippen LogP contribution in [0.15, 0.2) is 84.9 Å². The van der Waals surface area contributed by atoms with Crippen molar-refractivity contribution in [1.82, 2.24) is 0 Å². The maximum atomic E-state index is 12.8. The smallest absolute Gasteiger partial charge is 0.255 e. The van der Waals surface area contributed by atoms with Crippen molar-refractivity contribution < 1.29 is 9.53 Å². The average Bonchev–Trinajstić information content (AvgIpc) is 2.92. The van der Waals surface area contributed by atoms with Crippen LogP contribution in [0.4, 0.5) is 5.69 Å². The lowest BCUT2D eigenvalue weighted by Crippen LogP contribution is -2.48. The van der Waals surface area contributed by atoms with Crippen LogP contribution in [-0.4, -0.2) is 13.0 Å². The maximum absolute atomic E-state index is 12.8. The fourth-order valence-electron chi connectivity index (χ4n) is 8.03. The monoisotopic (exact) mass is 487 g/mol. The van der Waals surface area contributed by atoms with Gasteiger partial charge in [0.2, 0.25) is 0 Å². The van der Waals surface area contributed by atoms with Crippen molar-refractivity contribution in [2.75, 3.05) is 12.4 Å². The number of carbonyl (C=O) groups excluding carboxylic acids is 1. The number of amides is 1. The van der Waals surface area contributed by atoms with Gasteiger partial charge < -0.3 is 10.1 Å². The molecule has 4 aliphatic carbocycles. The summed E-state index contributed by atoms with van der Waals surface area (Å²) in [6.07, 6.45) is 8.30. The standard InChI is InChI=1S/C34H33NO2/c1-37-32-12-11-28(18-31(32)34-19-22-13-23(20-34)15-24(14-22)21-34)26-7-8-27-17-29(10-9-25(27)16-26)33(36)35-30-5-3-2-4-6-30/h2-12,16-18,22-24H,13-15,19-21H2,1H3,(H,35,36). The summed E-state index contributed by atoms with van der Waals surface area (Å²) >= 11 is 0. The molecule has 1 amide bonds. The summed E-state index contributed by atoms with van der Waals surface area (Å²) in [5.41, 5.74) is 5.64. The van der Waals surface area contributed by atoms with Crippen LogP contribution in [0.2, 0.25) is 0 Å². The van der Waals surface area contributed by atoms with Gasteiger partial charge in [-0.15, -0.1) is 0 Å². The molecule has 4 fully saturated rings. The molecule has 4 aromatic carbocycles. The molecule has 0 radical (unpaired) electrons. The van der Waals surface area contributed by atoms with E-state index < -0.39 is 0 Å². The van der Waals surface area contributed by atoms with Gasteiger partial charge in [0.1, 0.15) is 5.75 Å². The lowest BCUT2D eigenvalue weighted by atomic mass is 9.48. The molecular formula is C34H33NO2. The predicted octanol–water partition coefficient (Wildman–Crippen LogP) is 8.24. The van der Waals surface area contributed by atoms with Gasteiger partial charge in [0, 0.05) is 16.8 Å². The molecule has 4 aliphatic rings. The third kappa shape index (κ3) is 4.01. The van der Waals surface area contributed by atoms with Gasteiger partial charge in [-0.2, -0.15) is 0 Å². The third-order valence-electron chi connectivity index (χ3n) is 9.28. The SMILES string of the molecule is COc1ccc(-c2ccc3cc(C(=O)Nc4ccccc4)ccc3c2)cc1C12CC3CC(CC(C3)C1)C2. The number of rotatable bonds is 5. The van der Waals surface area contributed by atoms with Crippen LogP contribution < -0.4 is 10.1 Å². The summed E-state index contributed by atoms with van der Waals surface area (Å²) in [5, 5.41) is 5.19. The molecule has 0 aromatic heterocycles.